The van der Waals surface area contributed by atoms with Gasteiger partial charge in [-0.1, -0.05) is 38.3 Å². The van der Waals surface area contributed by atoms with Gasteiger partial charge in [0.2, 0.25) is 5.91 Å². The molecular formula is C21H32FN3O. The lowest BCUT2D eigenvalue weighted by atomic mass is 9.93. The van der Waals surface area contributed by atoms with Crippen molar-refractivity contribution in [1.29, 1.82) is 0 Å². The molecule has 0 radical (unpaired) electrons. The first-order chi connectivity index (χ1) is 12.7. The number of rotatable bonds is 6. The van der Waals surface area contributed by atoms with Crippen LogP contribution in [0, 0.1) is 5.82 Å². The van der Waals surface area contributed by atoms with Crippen molar-refractivity contribution in [2.45, 2.75) is 51.6 Å². The van der Waals surface area contributed by atoms with Gasteiger partial charge < -0.3 is 9.80 Å². The Labute approximate surface area is 157 Å². The van der Waals surface area contributed by atoms with Crippen molar-refractivity contribution in [2.75, 3.05) is 39.3 Å². The molecule has 0 unspecified atom stereocenters. The van der Waals surface area contributed by atoms with Gasteiger partial charge in [0, 0.05) is 38.8 Å². The Balaban J connectivity index is 1.63. The molecule has 1 amide bonds. The quantitative estimate of drug-likeness (QED) is 0.779. The van der Waals surface area contributed by atoms with E-state index in [9.17, 15) is 9.18 Å². The number of hydrogen-bond acceptors (Lipinski definition) is 3. The Kier molecular flexibility index (Phi) is 7.03. The van der Waals surface area contributed by atoms with E-state index in [1.54, 1.807) is 12.1 Å². The lowest BCUT2D eigenvalue weighted by Crippen LogP contribution is -2.51. The molecule has 5 heteroatoms. The van der Waals surface area contributed by atoms with Crippen LogP contribution in [0.25, 0.3) is 0 Å². The molecule has 2 fully saturated rings. The summed E-state index contributed by atoms with van der Waals surface area (Å²) in [5, 5.41) is 0. The number of likely N-dealkylation sites (N-methyl/N-ethyl adjacent to an activating group) is 1. The summed E-state index contributed by atoms with van der Waals surface area (Å²) in [5.41, 5.74) is 1.01. The molecule has 0 spiro atoms. The van der Waals surface area contributed by atoms with E-state index in [0.717, 1.165) is 51.1 Å². The zero-order valence-corrected chi connectivity index (χ0v) is 16.0. The van der Waals surface area contributed by atoms with Crippen LogP contribution >= 0.6 is 0 Å². The van der Waals surface area contributed by atoms with Crippen molar-refractivity contribution < 1.29 is 9.18 Å². The number of amides is 1. The monoisotopic (exact) mass is 361 g/mol. The largest absolute Gasteiger partial charge is 0.334 e. The molecule has 0 bridgehead atoms. The standard InChI is InChI=1S/C21H32FN3O/c1-2-23-12-14-24(15-13-23)17-21(26)25(20-6-4-3-5-7-20)16-18-8-10-19(22)11-9-18/h8-11,20H,2-7,12-17H2,1H3. The Morgan fingerprint density at radius 2 is 1.65 bits per heavy atom. The maximum atomic E-state index is 13.2. The van der Waals surface area contributed by atoms with Gasteiger partial charge in [-0.05, 0) is 37.1 Å². The van der Waals surface area contributed by atoms with E-state index in [0.29, 0.717) is 19.1 Å². The zero-order valence-electron chi connectivity index (χ0n) is 16.0. The molecule has 1 aromatic rings. The summed E-state index contributed by atoms with van der Waals surface area (Å²) >= 11 is 0. The van der Waals surface area contributed by atoms with Crippen molar-refractivity contribution in [3.63, 3.8) is 0 Å². The molecule has 26 heavy (non-hydrogen) atoms. The van der Waals surface area contributed by atoms with Gasteiger partial charge in [0.15, 0.2) is 0 Å². The third-order valence-corrected chi connectivity index (χ3v) is 5.87. The van der Waals surface area contributed by atoms with Gasteiger partial charge in [-0.25, -0.2) is 4.39 Å². The third kappa shape index (κ3) is 5.27. The zero-order chi connectivity index (χ0) is 18.4. The second-order valence-electron chi connectivity index (χ2n) is 7.65. The second kappa shape index (κ2) is 9.47. The molecule has 1 saturated heterocycles. The van der Waals surface area contributed by atoms with E-state index < -0.39 is 0 Å². The highest BCUT2D eigenvalue weighted by atomic mass is 19.1. The van der Waals surface area contributed by atoms with Crippen molar-refractivity contribution in [2.24, 2.45) is 0 Å². The molecule has 0 aromatic heterocycles. The molecule has 2 aliphatic rings. The number of carbonyl (C=O) groups excluding carboxylic acids is 1. The van der Waals surface area contributed by atoms with Crippen LogP contribution in [-0.4, -0.2) is 65.9 Å². The number of hydrogen-bond donors (Lipinski definition) is 0. The Morgan fingerprint density at radius 3 is 2.27 bits per heavy atom. The van der Waals surface area contributed by atoms with Crippen molar-refractivity contribution in [1.82, 2.24) is 14.7 Å². The highest BCUT2D eigenvalue weighted by Gasteiger charge is 2.27. The Hall–Kier alpha value is -1.46. The van der Waals surface area contributed by atoms with Crippen LogP contribution in [0.2, 0.25) is 0 Å². The third-order valence-electron chi connectivity index (χ3n) is 5.87. The van der Waals surface area contributed by atoms with E-state index in [1.807, 2.05) is 0 Å². The van der Waals surface area contributed by atoms with Crippen molar-refractivity contribution in [3.8, 4) is 0 Å². The predicted octanol–water partition coefficient (Wildman–Crippen LogP) is 3.12. The van der Waals surface area contributed by atoms with Crippen LogP contribution in [0.3, 0.4) is 0 Å². The van der Waals surface area contributed by atoms with Crippen molar-refractivity contribution in [3.05, 3.63) is 35.6 Å². The molecule has 0 atom stereocenters. The van der Waals surface area contributed by atoms with E-state index >= 15 is 0 Å². The molecule has 144 valence electrons. The fourth-order valence-electron chi connectivity index (χ4n) is 4.15. The summed E-state index contributed by atoms with van der Waals surface area (Å²) in [6, 6.07) is 6.92. The number of carbonyl (C=O) groups is 1. The maximum Gasteiger partial charge on any atom is 0.237 e. The van der Waals surface area contributed by atoms with Crippen molar-refractivity contribution >= 4 is 5.91 Å². The maximum absolute atomic E-state index is 13.2. The highest BCUT2D eigenvalue weighted by molar-refractivity contribution is 5.78. The van der Waals surface area contributed by atoms with Crippen LogP contribution in [0.15, 0.2) is 24.3 Å². The van der Waals surface area contributed by atoms with Gasteiger partial charge in [-0.2, -0.15) is 0 Å². The highest BCUT2D eigenvalue weighted by Crippen LogP contribution is 2.24. The summed E-state index contributed by atoms with van der Waals surface area (Å²) in [6.45, 7) is 8.41. The average molecular weight is 362 g/mol. The first-order valence-corrected chi connectivity index (χ1v) is 10.1. The van der Waals surface area contributed by atoms with Crippen LogP contribution in [0.1, 0.15) is 44.6 Å². The minimum absolute atomic E-state index is 0.224. The average Bonchev–Trinajstić information content (AvgIpc) is 2.68. The lowest BCUT2D eigenvalue weighted by Gasteiger charge is -2.38. The van der Waals surface area contributed by atoms with Gasteiger partial charge in [0.1, 0.15) is 5.82 Å². The number of piperazine rings is 1. The Bertz CT molecular complexity index is 563. The van der Waals surface area contributed by atoms with E-state index in [4.69, 9.17) is 0 Å². The predicted molar refractivity (Wildman–Crippen MR) is 102 cm³/mol. The molecule has 1 aromatic carbocycles. The minimum Gasteiger partial charge on any atom is -0.334 e. The van der Waals surface area contributed by atoms with E-state index in [-0.39, 0.29) is 11.7 Å². The Morgan fingerprint density at radius 1 is 1.04 bits per heavy atom. The summed E-state index contributed by atoms with van der Waals surface area (Å²) in [4.78, 5) is 19.9. The number of benzene rings is 1. The summed E-state index contributed by atoms with van der Waals surface area (Å²) in [5.74, 6) is 0.00395. The molecule has 1 saturated carbocycles. The van der Waals surface area contributed by atoms with E-state index in [1.165, 1.54) is 31.4 Å². The molecule has 0 N–H and O–H groups in total. The first-order valence-electron chi connectivity index (χ1n) is 10.1. The normalized spacial score (nSPS) is 20.2. The van der Waals surface area contributed by atoms with Gasteiger partial charge in [0.25, 0.3) is 0 Å². The first kappa shape index (κ1) is 19.3. The van der Waals surface area contributed by atoms with Gasteiger partial charge >= 0.3 is 0 Å². The smallest absolute Gasteiger partial charge is 0.237 e. The van der Waals surface area contributed by atoms with Crippen LogP contribution in [0.4, 0.5) is 4.39 Å². The summed E-state index contributed by atoms with van der Waals surface area (Å²) in [7, 11) is 0. The molecule has 1 heterocycles. The summed E-state index contributed by atoms with van der Waals surface area (Å²) < 4.78 is 13.2. The topological polar surface area (TPSA) is 26.8 Å². The van der Waals surface area contributed by atoms with Crippen LogP contribution in [-0.2, 0) is 11.3 Å². The van der Waals surface area contributed by atoms with Gasteiger partial charge in [-0.3, -0.25) is 9.69 Å². The lowest BCUT2D eigenvalue weighted by molar-refractivity contribution is -0.136. The molecule has 3 rings (SSSR count). The summed E-state index contributed by atoms with van der Waals surface area (Å²) in [6.07, 6.45) is 5.86. The number of halogens is 1. The molecule has 1 aliphatic carbocycles. The fourth-order valence-corrected chi connectivity index (χ4v) is 4.15. The molecule has 1 aliphatic heterocycles. The molecule has 4 nitrogen and oxygen atoms in total. The van der Waals surface area contributed by atoms with E-state index in [2.05, 4.69) is 21.6 Å². The molecular weight excluding hydrogens is 329 g/mol. The van der Waals surface area contributed by atoms with Crippen LogP contribution in [0.5, 0.6) is 0 Å². The SMILES string of the molecule is CCN1CCN(CC(=O)N(Cc2ccc(F)cc2)C2CCCCC2)CC1. The second-order valence-corrected chi connectivity index (χ2v) is 7.65. The van der Waals surface area contributed by atoms with Gasteiger partial charge in [0.05, 0.1) is 6.54 Å². The fraction of sp³-hybridized carbons (Fsp3) is 0.667. The number of nitrogens with zero attached hydrogens (tertiary/aromatic N) is 3. The minimum atomic E-state index is -0.224. The van der Waals surface area contributed by atoms with Crippen LogP contribution < -0.4 is 0 Å². The van der Waals surface area contributed by atoms with Gasteiger partial charge in [-0.15, -0.1) is 0 Å².